The van der Waals surface area contributed by atoms with Crippen LogP contribution in [0.1, 0.15) is 53.1 Å². The van der Waals surface area contributed by atoms with Gasteiger partial charge in [0.25, 0.3) is 5.91 Å². The van der Waals surface area contributed by atoms with Gasteiger partial charge in [-0.25, -0.2) is 4.39 Å². The van der Waals surface area contributed by atoms with E-state index in [-0.39, 0.29) is 24.2 Å². The van der Waals surface area contributed by atoms with Gasteiger partial charge in [0.2, 0.25) is 5.91 Å². The summed E-state index contributed by atoms with van der Waals surface area (Å²) in [6.07, 6.45) is 3.53. The zero-order valence-electron chi connectivity index (χ0n) is 17.2. The van der Waals surface area contributed by atoms with Crippen LogP contribution in [0.15, 0.2) is 48.5 Å². The van der Waals surface area contributed by atoms with Gasteiger partial charge in [0.05, 0.1) is 18.1 Å². The summed E-state index contributed by atoms with van der Waals surface area (Å²) >= 11 is 0. The Kier molecular flexibility index (Phi) is 5.86. The van der Waals surface area contributed by atoms with Crippen LogP contribution in [0.2, 0.25) is 0 Å². The van der Waals surface area contributed by atoms with Gasteiger partial charge in [0.15, 0.2) is 0 Å². The maximum Gasteiger partial charge on any atom is 0.254 e. The minimum absolute atomic E-state index is 0.0290. The molecule has 1 aliphatic carbocycles. The van der Waals surface area contributed by atoms with Crippen molar-refractivity contribution in [3.63, 3.8) is 0 Å². The Morgan fingerprint density at radius 3 is 2.70 bits per heavy atom. The second-order valence-electron chi connectivity index (χ2n) is 8.13. The lowest BCUT2D eigenvalue weighted by Gasteiger charge is -2.50. The number of rotatable bonds is 6. The fourth-order valence-electron chi connectivity index (χ4n) is 5.11. The van der Waals surface area contributed by atoms with Crippen molar-refractivity contribution >= 4 is 11.8 Å². The largest absolute Gasteiger partial charge is 0.383 e. The van der Waals surface area contributed by atoms with Crippen molar-refractivity contribution < 1.29 is 18.7 Å². The van der Waals surface area contributed by atoms with Crippen LogP contribution in [0.4, 0.5) is 4.39 Å². The molecule has 0 aromatic heterocycles. The smallest absolute Gasteiger partial charge is 0.254 e. The zero-order chi connectivity index (χ0) is 21.1. The van der Waals surface area contributed by atoms with Crippen molar-refractivity contribution in [3.05, 3.63) is 71.0 Å². The van der Waals surface area contributed by atoms with E-state index in [4.69, 9.17) is 4.74 Å². The van der Waals surface area contributed by atoms with E-state index < -0.39 is 11.5 Å². The highest BCUT2D eigenvalue weighted by atomic mass is 19.1. The Labute approximate surface area is 176 Å². The number of fused-ring (bicyclic) bond motifs is 1. The van der Waals surface area contributed by atoms with Crippen LogP contribution in [0, 0.1) is 5.82 Å². The van der Waals surface area contributed by atoms with Gasteiger partial charge in [-0.1, -0.05) is 43.2 Å². The average molecular weight is 410 g/mol. The van der Waals surface area contributed by atoms with Gasteiger partial charge in [-0.15, -0.1) is 0 Å². The van der Waals surface area contributed by atoms with E-state index in [2.05, 4.69) is 5.32 Å². The molecule has 5 nitrogen and oxygen atoms in total. The number of methoxy groups -OCH3 is 1. The van der Waals surface area contributed by atoms with E-state index >= 15 is 0 Å². The fourth-order valence-corrected chi connectivity index (χ4v) is 5.11. The first kappa shape index (κ1) is 20.5. The lowest BCUT2D eigenvalue weighted by Crippen LogP contribution is -2.61. The fraction of sp³-hybridized carbons (Fsp3) is 0.417. The molecule has 0 radical (unpaired) electrons. The van der Waals surface area contributed by atoms with E-state index in [9.17, 15) is 14.0 Å². The summed E-state index contributed by atoms with van der Waals surface area (Å²) in [6.45, 7) is 1.13. The van der Waals surface area contributed by atoms with Gasteiger partial charge < -0.3 is 15.0 Å². The van der Waals surface area contributed by atoms with Crippen LogP contribution in [0.3, 0.4) is 0 Å². The van der Waals surface area contributed by atoms with Gasteiger partial charge in [-0.05, 0) is 42.2 Å². The Morgan fingerprint density at radius 2 is 1.97 bits per heavy atom. The zero-order valence-corrected chi connectivity index (χ0v) is 17.2. The molecular formula is C24H27FN2O3. The highest BCUT2D eigenvalue weighted by Gasteiger charge is 2.55. The van der Waals surface area contributed by atoms with Crippen molar-refractivity contribution in [3.8, 4) is 0 Å². The molecule has 0 bridgehead atoms. The number of carbonyl (C=O) groups is 2. The Balaban J connectivity index is 1.70. The van der Waals surface area contributed by atoms with E-state index in [1.807, 2.05) is 23.1 Å². The van der Waals surface area contributed by atoms with Crippen molar-refractivity contribution in [1.29, 1.82) is 0 Å². The predicted molar refractivity (Wildman–Crippen MR) is 112 cm³/mol. The summed E-state index contributed by atoms with van der Waals surface area (Å²) in [7, 11) is 1.62. The van der Waals surface area contributed by atoms with E-state index in [0.717, 1.165) is 31.2 Å². The first-order valence-electron chi connectivity index (χ1n) is 10.5. The molecule has 1 heterocycles. The lowest BCUT2D eigenvalue weighted by molar-refractivity contribution is -0.126. The van der Waals surface area contributed by atoms with Gasteiger partial charge in [0, 0.05) is 25.8 Å². The molecule has 4 rings (SSSR count). The Morgan fingerprint density at radius 1 is 1.20 bits per heavy atom. The summed E-state index contributed by atoms with van der Waals surface area (Å²) in [5.74, 6) is -0.935. The maximum atomic E-state index is 13.5. The number of halogens is 1. The monoisotopic (exact) mass is 410 g/mol. The number of ether oxygens (including phenoxy) is 1. The molecule has 1 N–H and O–H groups in total. The van der Waals surface area contributed by atoms with Crippen LogP contribution in [-0.4, -0.2) is 42.5 Å². The van der Waals surface area contributed by atoms with Crippen molar-refractivity contribution in [2.24, 2.45) is 0 Å². The third-order valence-electron chi connectivity index (χ3n) is 6.43. The molecule has 2 aliphatic rings. The van der Waals surface area contributed by atoms with E-state index in [0.29, 0.717) is 24.3 Å². The second-order valence-corrected chi connectivity index (χ2v) is 8.13. The van der Waals surface area contributed by atoms with Crippen LogP contribution in [0.5, 0.6) is 0 Å². The number of amides is 2. The second kappa shape index (κ2) is 8.56. The molecule has 1 unspecified atom stereocenters. The molecule has 0 saturated heterocycles. The van der Waals surface area contributed by atoms with Crippen molar-refractivity contribution in [1.82, 2.24) is 10.2 Å². The number of nitrogens with zero attached hydrogens (tertiary/aromatic N) is 1. The van der Waals surface area contributed by atoms with Crippen LogP contribution in [0.25, 0.3) is 0 Å². The van der Waals surface area contributed by atoms with E-state index in [1.165, 1.54) is 12.1 Å². The molecule has 6 heteroatoms. The van der Waals surface area contributed by atoms with Gasteiger partial charge in [0.1, 0.15) is 5.82 Å². The minimum atomic E-state index is -0.546. The van der Waals surface area contributed by atoms with Crippen LogP contribution < -0.4 is 5.32 Å². The molecule has 1 saturated carbocycles. The molecule has 1 spiro atoms. The Hall–Kier alpha value is -2.73. The molecule has 1 atom stereocenters. The molecule has 1 fully saturated rings. The number of carbonyl (C=O) groups excluding carboxylic acids is 2. The summed E-state index contributed by atoms with van der Waals surface area (Å²) in [5, 5.41) is 3.00. The van der Waals surface area contributed by atoms with Crippen molar-refractivity contribution in [2.75, 3.05) is 20.3 Å². The topological polar surface area (TPSA) is 58.6 Å². The normalized spacial score (nSPS) is 19.7. The third-order valence-corrected chi connectivity index (χ3v) is 6.43. The quantitative estimate of drug-likeness (QED) is 0.791. The third kappa shape index (κ3) is 3.60. The molecule has 1 aliphatic heterocycles. The molecule has 2 aromatic carbocycles. The van der Waals surface area contributed by atoms with E-state index in [1.54, 1.807) is 25.3 Å². The van der Waals surface area contributed by atoms with Crippen molar-refractivity contribution in [2.45, 2.75) is 43.7 Å². The summed E-state index contributed by atoms with van der Waals surface area (Å²) < 4.78 is 18.8. The standard InChI is InChI=1S/C24H27FN2O3/c1-30-14-13-27-23(29)20-10-3-2-9-19(20)21(24(27)11-4-5-12-24)22(28)26-16-17-7-6-8-18(25)15-17/h2-3,6-10,15,21H,4-5,11-14,16H2,1H3,(H,26,28). The Bertz CT molecular complexity index is 940. The summed E-state index contributed by atoms with van der Waals surface area (Å²) in [5.41, 5.74) is 1.53. The van der Waals surface area contributed by atoms with Gasteiger partial charge in [-0.2, -0.15) is 0 Å². The first-order valence-corrected chi connectivity index (χ1v) is 10.5. The van der Waals surface area contributed by atoms with Crippen LogP contribution >= 0.6 is 0 Å². The number of hydrogen-bond acceptors (Lipinski definition) is 3. The molecular weight excluding hydrogens is 383 g/mol. The molecule has 30 heavy (non-hydrogen) atoms. The summed E-state index contributed by atoms with van der Waals surface area (Å²) in [4.78, 5) is 28.8. The molecule has 2 amide bonds. The molecule has 2 aromatic rings. The van der Waals surface area contributed by atoms with Crippen LogP contribution in [-0.2, 0) is 16.1 Å². The number of hydrogen-bond donors (Lipinski definition) is 1. The predicted octanol–water partition coefficient (Wildman–Crippen LogP) is 3.64. The first-order chi connectivity index (χ1) is 14.6. The van der Waals surface area contributed by atoms with Gasteiger partial charge in [-0.3, -0.25) is 9.59 Å². The SMILES string of the molecule is COCCN1C(=O)c2ccccc2C(C(=O)NCc2cccc(F)c2)C12CCCC2. The highest BCUT2D eigenvalue weighted by molar-refractivity contribution is 6.02. The minimum Gasteiger partial charge on any atom is -0.383 e. The lowest BCUT2D eigenvalue weighted by atomic mass is 9.71. The average Bonchev–Trinajstić information content (AvgIpc) is 3.22. The number of nitrogens with one attached hydrogen (secondary N) is 1. The van der Waals surface area contributed by atoms with Gasteiger partial charge >= 0.3 is 0 Å². The maximum absolute atomic E-state index is 13.5. The summed E-state index contributed by atoms with van der Waals surface area (Å²) in [6, 6.07) is 13.6. The number of benzene rings is 2. The molecule has 158 valence electrons. The highest BCUT2D eigenvalue weighted by Crippen LogP contribution is 2.50.